The first kappa shape index (κ1) is 19.3. The summed E-state index contributed by atoms with van der Waals surface area (Å²) in [6, 6.07) is 13.1. The molecular formula is C23H20N2O6. The lowest BCUT2D eigenvalue weighted by Crippen LogP contribution is -2.37. The Bertz CT molecular complexity index is 1060. The number of amides is 3. The lowest BCUT2D eigenvalue weighted by atomic mass is 9.93. The van der Waals surface area contributed by atoms with Gasteiger partial charge in [0.2, 0.25) is 5.91 Å². The van der Waals surface area contributed by atoms with Crippen molar-refractivity contribution in [1.82, 2.24) is 9.96 Å². The van der Waals surface area contributed by atoms with Crippen LogP contribution in [0.4, 0.5) is 0 Å². The molecule has 8 nitrogen and oxygen atoms in total. The predicted octanol–water partition coefficient (Wildman–Crippen LogP) is 2.50. The van der Waals surface area contributed by atoms with E-state index >= 15 is 0 Å². The molecule has 158 valence electrons. The molecule has 2 fully saturated rings. The summed E-state index contributed by atoms with van der Waals surface area (Å²) in [6.45, 7) is 0. The van der Waals surface area contributed by atoms with Gasteiger partial charge in [-0.05, 0) is 42.7 Å². The SMILES string of the molecule is COc1ccc(C2C(C(=O)ON3C(=O)c4ccccc4C3=O)CC(=O)N2C2CC2)cc1. The molecule has 31 heavy (non-hydrogen) atoms. The minimum atomic E-state index is -0.828. The summed E-state index contributed by atoms with van der Waals surface area (Å²) >= 11 is 0. The normalized spacial score (nSPS) is 22.7. The summed E-state index contributed by atoms with van der Waals surface area (Å²) in [5.41, 5.74) is 1.16. The van der Waals surface area contributed by atoms with E-state index in [0.29, 0.717) is 10.8 Å². The number of ether oxygens (including phenoxy) is 1. The predicted molar refractivity (Wildman–Crippen MR) is 107 cm³/mol. The van der Waals surface area contributed by atoms with Gasteiger partial charge in [-0.15, -0.1) is 0 Å². The van der Waals surface area contributed by atoms with Crippen molar-refractivity contribution in [3.8, 4) is 5.75 Å². The highest BCUT2D eigenvalue weighted by molar-refractivity contribution is 6.20. The monoisotopic (exact) mass is 420 g/mol. The topological polar surface area (TPSA) is 93.2 Å². The summed E-state index contributed by atoms with van der Waals surface area (Å²) in [5.74, 6) is -2.43. The van der Waals surface area contributed by atoms with Gasteiger partial charge in [-0.2, -0.15) is 0 Å². The van der Waals surface area contributed by atoms with Crippen LogP contribution in [0.5, 0.6) is 5.75 Å². The summed E-state index contributed by atoms with van der Waals surface area (Å²) in [6.07, 6.45) is 1.74. The van der Waals surface area contributed by atoms with Gasteiger partial charge in [0.15, 0.2) is 0 Å². The second kappa shape index (κ2) is 7.23. The van der Waals surface area contributed by atoms with Gasteiger partial charge in [0.25, 0.3) is 11.8 Å². The average Bonchev–Trinajstić information content (AvgIpc) is 3.53. The zero-order chi connectivity index (χ0) is 21.7. The maximum absolute atomic E-state index is 13.1. The fourth-order valence-corrected chi connectivity index (χ4v) is 4.35. The van der Waals surface area contributed by atoms with Crippen LogP contribution in [0.3, 0.4) is 0 Å². The highest BCUT2D eigenvalue weighted by Crippen LogP contribution is 2.45. The molecule has 0 N–H and O–H groups in total. The fraction of sp³-hybridized carbons (Fsp3) is 0.304. The Morgan fingerprint density at radius 1 is 0.935 bits per heavy atom. The van der Waals surface area contributed by atoms with Crippen LogP contribution in [0.25, 0.3) is 0 Å². The number of rotatable bonds is 5. The Labute approximate surface area is 178 Å². The van der Waals surface area contributed by atoms with E-state index in [9.17, 15) is 19.2 Å². The molecule has 0 bridgehead atoms. The van der Waals surface area contributed by atoms with Crippen LogP contribution in [0.15, 0.2) is 48.5 Å². The van der Waals surface area contributed by atoms with Gasteiger partial charge in [-0.25, -0.2) is 4.79 Å². The van der Waals surface area contributed by atoms with Crippen molar-refractivity contribution in [2.75, 3.05) is 7.11 Å². The van der Waals surface area contributed by atoms with Gasteiger partial charge in [-0.1, -0.05) is 29.3 Å². The first-order valence-electron chi connectivity index (χ1n) is 10.1. The molecule has 1 aliphatic carbocycles. The Balaban J connectivity index is 1.42. The van der Waals surface area contributed by atoms with Gasteiger partial charge >= 0.3 is 5.97 Å². The van der Waals surface area contributed by atoms with E-state index < -0.39 is 29.7 Å². The van der Waals surface area contributed by atoms with Crippen LogP contribution in [0.1, 0.15) is 51.6 Å². The number of imide groups is 1. The molecule has 2 unspecified atom stereocenters. The number of nitrogens with zero attached hydrogens (tertiary/aromatic N) is 2. The van der Waals surface area contributed by atoms with Crippen LogP contribution in [-0.4, -0.2) is 46.8 Å². The van der Waals surface area contributed by atoms with Gasteiger partial charge in [-0.3, -0.25) is 14.4 Å². The molecule has 3 amide bonds. The maximum Gasteiger partial charge on any atom is 0.339 e. The zero-order valence-corrected chi connectivity index (χ0v) is 16.8. The highest BCUT2D eigenvalue weighted by Gasteiger charge is 2.51. The molecule has 2 aliphatic heterocycles. The van der Waals surface area contributed by atoms with E-state index in [0.717, 1.165) is 18.4 Å². The summed E-state index contributed by atoms with van der Waals surface area (Å²) < 4.78 is 5.20. The third kappa shape index (κ3) is 3.15. The molecule has 0 radical (unpaired) electrons. The minimum absolute atomic E-state index is 0.0325. The van der Waals surface area contributed by atoms with E-state index in [-0.39, 0.29) is 29.5 Å². The lowest BCUT2D eigenvalue weighted by Gasteiger charge is -2.28. The minimum Gasteiger partial charge on any atom is -0.497 e. The molecule has 2 aromatic carbocycles. The summed E-state index contributed by atoms with van der Waals surface area (Å²) in [4.78, 5) is 58.0. The molecule has 0 spiro atoms. The molecule has 2 atom stereocenters. The van der Waals surface area contributed by atoms with E-state index in [1.807, 2.05) is 12.1 Å². The number of methoxy groups -OCH3 is 1. The van der Waals surface area contributed by atoms with E-state index in [1.165, 1.54) is 12.1 Å². The van der Waals surface area contributed by atoms with Gasteiger partial charge < -0.3 is 14.5 Å². The summed E-state index contributed by atoms with van der Waals surface area (Å²) in [5, 5.41) is 0.502. The second-order valence-corrected chi connectivity index (χ2v) is 7.92. The molecule has 3 aliphatic rings. The maximum atomic E-state index is 13.1. The Hall–Kier alpha value is -3.68. The van der Waals surface area contributed by atoms with Gasteiger partial charge in [0, 0.05) is 12.5 Å². The first-order chi connectivity index (χ1) is 15.0. The summed E-state index contributed by atoms with van der Waals surface area (Å²) in [7, 11) is 1.56. The highest BCUT2D eigenvalue weighted by atomic mass is 16.7. The number of benzene rings is 2. The molecule has 2 heterocycles. The molecule has 0 aromatic heterocycles. The zero-order valence-electron chi connectivity index (χ0n) is 16.8. The lowest BCUT2D eigenvalue weighted by molar-refractivity contribution is -0.174. The third-order valence-corrected chi connectivity index (χ3v) is 6.00. The van der Waals surface area contributed by atoms with Crippen molar-refractivity contribution < 1.29 is 28.8 Å². The average molecular weight is 420 g/mol. The number of hydrogen-bond acceptors (Lipinski definition) is 6. The number of carbonyl (C=O) groups is 4. The van der Waals surface area contributed by atoms with Crippen LogP contribution >= 0.6 is 0 Å². The van der Waals surface area contributed by atoms with Crippen LogP contribution in [-0.2, 0) is 14.4 Å². The van der Waals surface area contributed by atoms with Crippen molar-refractivity contribution in [2.45, 2.75) is 31.3 Å². The molecule has 5 rings (SSSR count). The molecule has 1 saturated carbocycles. The molecular weight excluding hydrogens is 400 g/mol. The Morgan fingerprint density at radius 3 is 2.10 bits per heavy atom. The van der Waals surface area contributed by atoms with Crippen molar-refractivity contribution in [3.63, 3.8) is 0 Å². The van der Waals surface area contributed by atoms with E-state index in [2.05, 4.69) is 0 Å². The van der Waals surface area contributed by atoms with Crippen molar-refractivity contribution in [1.29, 1.82) is 0 Å². The largest absolute Gasteiger partial charge is 0.497 e. The van der Waals surface area contributed by atoms with Gasteiger partial charge in [0.1, 0.15) is 5.75 Å². The number of carbonyl (C=O) groups excluding carboxylic acids is 4. The van der Waals surface area contributed by atoms with Crippen molar-refractivity contribution in [3.05, 3.63) is 65.2 Å². The molecule has 1 saturated heterocycles. The first-order valence-corrected chi connectivity index (χ1v) is 10.1. The smallest absolute Gasteiger partial charge is 0.339 e. The van der Waals surface area contributed by atoms with Crippen LogP contribution in [0, 0.1) is 5.92 Å². The fourth-order valence-electron chi connectivity index (χ4n) is 4.35. The number of fused-ring (bicyclic) bond motifs is 1. The molecule has 8 heteroatoms. The van der Waals surface area contributed by atoms with Crippen molar-refractivity contribution in [2.24, 2.45) is 5.92 Å². The number of likely N-dealkylation sites (tertiary alicyclic amines) is 1. The second-order valence-electron chi connectivity index (χ2n) is 7.92. The standard InChI is InChI=1S/C23H20N2O6/c1-30-15-10-6-13(7-11-15)20-18(12-19(26)24(20)14-8-9-14)23(29)31-25-21(27)16-4-2-3-5-17(16)22(25)28/h2-7,10-11,14,18,20H,8-9,12H2,1H3. The molecule has 2 aromatic rings. The van der Waals surface area contributed by atoms with Crippen LogP contribution in [0.2, 0.25) is 0 Å². The Morgan fingerprint density at radius 2 is 1.55 bits per heavy atom. The Kier molecular flexibility index (Phi) is 4.50. The quantitative estimate of drug-likeness (QED) is 0.690. The number of hydrogen-bond donors (Lipinski definition) is 0. The van der Waals surface area contributed by atoms with E-state index in [4.69, 9.17) is 9.57 Å². The third-order valence-electron chi connectivity index (χ3n) is 6.00. The van der Waals surface area contributed by atoms with Crippen molar-refractivity contribution >= 4 is 23.7 Å². The van der Waals surface area contributed by atoms with Gasteiger partial charge in [0.05, 0.1) is 30.2 Å². The van der Waals surface area contributed by atoms with Crippen LogP contribution < -0.4 is 4.74 Å². The van der Waals surface area contributed by atoms with E-state index in [1.54, 1.807) is 36.3 Å². The number of hydroxylamine groups is 2.